The molecule has 2 fully saturated rings. The van der Waals surface area contributed by atoms with Gasteiger partial charge in [0.05, 0.1) is 12.2 Å². The number of alkyl halides is 3. The Morgan fingerprint density at radius 1 is 0.750 bits per heavy atom. The van der Waals surface area contributed by atoms with Crippen molar-refractivity contribution < 1.29 is 42.5 Å². The molecule has 10 nitrogen and oxygen atoms in total. The summed E-state index contributed by atoms with van der Waals surface area (Å²) in [5, 5.41) is 15.6. The molecule has 0 spiro atoms. The topological polar surface area (TPSA) is 114 Å². The second-order valence-corrected chi connectivity index (χ2v) is 11.8. The van der Waals surface area contributed by atoms with Crippen molar-refractivity contribution in [1.29, 1.82) is 0 Å². The van der Waals surface area contributed by atoms with Gasteiger partial charge < -0.3 is 29.6 Å². The number of hydrogen-bond acceptors (Lipinski definition) is 6. The van der Waals surface area contributed by atoms with Crippen LogP contribution in [0.3, 0.4) is 0 Å². The summed E-state index contributed by atoms with van der Waals surface area (Å²) in [5.74, 6) is -1.79. The summed E-state index contributed by atoms with van der Waals surface area (Å²) in [5.41, 5.74) is -0.485. The zero-order valence-corrected chi connectivity index (χ0v) is 27.3. The fourth-order valence-electron chi connectivity index (χ4n) is 5.71. The number of hydrogen-bond donors (Lipinski definition) is 2. The first-order chi connectivity index (χ1) is 23.0. The van der Waals surface area contributed by atoms with Crippen LogP contribution in [0.25, 0.3) is 0 Å². The van der Waals surface area contributed by atoms with Crippen LogP contribution in [-0.4, -0.2) is 108 Å². The second-order valence-electron chi connectivity index (χ2n) is 11.8. The standard InChI is InChI=1S/C31H43F3N4O2.C4H4O4/c32-31(33,34)27-12-8-13-28(26-27)38(24-11-25-40-29-14-2-1-3-15-29)30(39)37(22-9-20-35-16-4-5-17-35)23-10-21-36-18-6-7-19-36;5-3(6)1-2-4(7)8/h1-3,8,12-15,26H,4-7,9-11,16-25H2;1-2H,(H,5,6)(H,7,8)/b;2-1-. The summed E-state index contributed by atoms with van der Waals surface area (Å²) >= 11 is 0. The van der Waals surface area contributed by atoms with Crippen LogP contribution in [0.4, 0.5) is 23.7 Å². The predicted molar refractivity (Wildman–Crippen MR) is 177 cm³/mol. The summed E-state index contributed by atoms with van der Waals surface area (Å²) in [6.07, 6.45) is 3.69. The first-order valence-electron chi connectivity index (χ1n) is 16.5. The van der Waals surface area contributed by atoms with Crippen LogP contribution in [-0.2, 0) is 15.8 Å². The molecular formula is C35H47F3N4O6. The van der Waals surface area contributed by atoms with Gasteiger partial charge in [-0.3, -0.25) is 4.90 Å². The molecule has 4 rings (SSSR count). The molecule has 2 aliphatic rings. The van der Waals surface area contributed by atoms with Crippen molar-refractivity contribution in [2.24, 2.45) is 0 Å². The molecule has 0 unspecified atom stereocenters. The van der Waals surface area contributed by atoms with E-state index < -0.39 is 23.7 Å². The first kappa shape index (κ1) is 38.3. The van der Waals surface area contributed by atoms with E-state index in [1.54, 1.807) is 6.07 Å². The number of nitrogens with zero attached hydrogens (tertiary/aromatic N) is 4. The molecule has 0 aliphatic carbocycles. The fourth-order valence-corrected chi connectivity index (χ4v) is 5.71. The van der Waals surface area contributed by atoms with Crippen molar-refractivity contribution in [2.75, 3.05) is 70.4 Å². The van der Waals surface area contributed by atoms with Crippen molar-refractivity contribution >= 4 is 23.7 Å². The molecule has 2 aliphatic heterocycles. The van der Waals surface area contributed by atoms with Gasteiger partial charge in [-0.2, -0.15) is 13.2 Å². The van der Waals surface area contributed by atoms with Crippen LogP contribution >= 0.6 is 0 Å². The SMILES string of the molecule is O=C(N(CCCN1CCCC1)CCCN1CCCC1)N(CCCOc1ccccc1)c1cccc(C(F)(F)F)c1.O=C(O)/C=C\C(=O)O. The van der Waals surface area contributed by atoms with Gasteiger partial charge in [-0.25, -0.2) is 14.4 Å². The van der Waals surface area contributed by atoms with Crippen molar-refractivity contribution in [2.45, 2.75) is 51.1 Å². The van der Waals surface area contributed by atoms with Gasteiger partial charge in [-0.15, -0.1) is 0 Å². The molecule has 264 valence electrons. The number of carboxylic acid groups (broad SMARTS) is 2. The maximum Gasteiger partial charge on any atom is 0.416 e. The lowest BCUT2D eigenvalue weighted by molar-refractivity contribution is -0.137. The van der Waals surface area contributed by atoms with E-state index >= 15 is 0 Å². The van der Waals surface area contributed by atoms with Gasteiger partial charge in [-0.1, -0.05) is 24.3 Å². The molecule has 13 heteroatoms. The van der Waals surface area contributed by atoms with Crippen LogP contribution in [0, 0.1) is 0 Å². The molecule has 0 saturated carbocycles. The van der Waals surface area contributed by atoms with Crippen LogP contribution < -0.4 is 9.64 Å². The molecule has 2 amide bonds. The molecule has 48 heavy (non-hydrogen) atoms. The van der Waals surface area contributed by atoms with E-state index in [9.17, 15) is 27.6 Å². The minimum atomic E-state index is -4.48. The van der Waals surface area contributed by atoms with E-state index in [1.807, 2.05) is 35.2 Å². The monoisotopic (exact) mass is 676 g/mol. The Hall–Kier alpha value is -4.10. The van der Waals surface area contributed by atoms with Crippen molar-refractivity contribution in [1.82, 2.24) is 14.7 Å². The lowest BCUT2D eigenvalue weighted by Crippen LogP contribution is -2.46. The molecule has 2 N–H and O–H groups in total. The summed E-state index contributed by atoms with van der Waals surface area (Å²) in [4.78, 5) is 41.4. The first-order valence-corrected chi connectivity index (χ1v) is 16.5. The number of halogens is 3. The number of carbonyl (C=O) groups is 3. The van der Waals surface area contributed by atoms with E-state index in [1.165, 1.54) is 36.6 Å². The van der Waals surface area contributed by atoms with E-state index in [-0.39, 0.29) is 18.3 Å². The molecule has 2 aromatic carbocycles. The number of para-hydroxylation sites is 1. The number of amides is 2. The highest BCUT2D eigenvalue weighted by Crippen LogP contribution is 2.32. The van der Waals surface area contributed by atoms with Gasteiger partial charge in [-0.05, 0) is 115 Å². The number of rotatable bonds is 16. The molecule has 0 bridgehead atoms. The Morgan fingerprint density at radius 2 is 1.29 bits per heavy atom. The zero-order valence-electron chi connectivity index (χ0n) is 27.3. The molecule has 2 saturated heterocycles. The highest BCUT2D eigenvalue weighted by molar-refractivity contribution is 5.92. The Bertz CT molecular complexity index is 1260. The number of carbonyl (C=O) groups excluding carboxylic acids is 1. The largest absolute Gasteiger partial charge is 0.494 e. The van der Waals surface area contributed by atoms with Gasteiger partial charge in [0.1, 0.15) is 5.75 Å². The van der Waals surface area contributed by atoms with Crippen LogP contribution in [0.2, 0.25) is 0 Å². The molecular weight excluding hydrogens is 629 g/mol. The van der Waals surface area contributed by atoms with E-state index in [4.69, 9.17) is 14.9 Å². The quantitative estimate of drug-likeness (QED) is 0.162. The second kappa shape index (κ2) is 20.3. The number of benzene rings is 2. The van der Waals surface area contributed by atoms with Crippen molar-refractivity contribution in [3.8, 4) is 5.75 Å². The number of aliphatic carboxylic acids is 2. The Morgan fingerprint density at radius 3 is 1.79 bits per heavy atom. The maximum atomic E-state index is 14.0. The number of likely N-dealkylation sites (tertiary alicyclic amines) is 2. The fraction of sp³-hybridized carbons (Fsp3) is 0.514. The Kier molecular flexibility index (Phi) is 16.2. The van der Waals surface area contributed by atoms with Gasteiger partial charge in [0.25, 0.3) is 0 Å². The van der Waals surface area contributed by atoms with Gasteiger partial charge >= 0.3 is 24.1 Å². The van der Waals surface area contributed by atoms with Gasteiger partial charge in [0.15, 0.2) is 0 Å². The molecule has 0 radical (unpaired) electrons. The number of urea groups is 1. The zero-order chi connectivity index (χ0) is 34.8. The minimum absolute atomic E-state index is 0.234. The van der Waals surface area contributed by atoms with E-state index in [0.29, 0.717) is 38.3 Å². The predicted octanol–water partition coefficient (Wildman–Crippen LogP) is 6.09. The summed E-state index contributed by atoms with van der Waals surface area (Å²) < 4.78 is 46.5. The minimum Gasteiger partial charge on any atom is -0.494 e. The van der Waals surface area contributed by atoms with E-state index in [2.05, 4.69) is 9.80 Å². The molecule has 2 aromatic rings. The van der Waals surface area contributed by atoms with Gasteiger partial charge in [0.2, 0.25) is 0 Å². The van der Waals surface area contributed by atoms with Gasteiger partial charge in [0, 0.05) is 37.5 Å². The van der Waals surface area contributed by atoms with Crippen LogP contribution in [0.5, 0.6) is 5.75 Å². The molecule has 0 atom stereocenters. The van der Waals surface area contributed by atoms with Crippen molar-refractivity contribution in [3.05, 3.63) is 72.3 Å². The lowest BCUT2D eigenvalue weighted by atomic mass is 10.1. The summed E-state index contributed by atoms with van der Waals surface area (Å²) in [7, 11) is 0. The summed E-state index contributed by atoms with van der Waals surface area (Å²) in [6.45, 7) is 8.06. The number of ether oxygens (including phenoxy) is 1. The maximum absolute atomic E-state index is 14.0. The number of anilines is 1. The third-order valence-corrected chi connectivity index (χ3v) is 8.10. The lowest BCUT2D eigenvalue weighted by Gasteiger charge is -2.32. The average molecular weight is 677 g/mol. The van der Waals surface area contributed by atoms with Crippen molar-refractivity contribution in [3.63, 3.8) is 0 Å². The highest BCUT2D eigenvalue weighted by atomic mass is 19.4. The number of carboxylic acids is 2. The van der Waals surface area contributed by atoms with Crippen LogP contribution in [0.15, 0.2) is 66.7 Å². The van der Waals surface area contributed by atoms with Crippen LogP contribution in [0.1, 0.15) is 50.5 Å². The van der Waals surface area contributed by atoms with E-state index in [0.717, 1.165) is 70.0 Å². The normalized spacial score (nSPS) is 15.2. The summed E-state index contributed by atoms with van der Waals surface area (Å²) in [6, 6.07) is 14.3. The third kappa shape index (κ3) is 14.3. The third-order valence-electron chi connectivity index (χ3n) is 8.10. The molecule has 0 aromatic heterocycles. The Balaban J connectivity index is 0.000000694. The highest BCUT2D eigenvalue weighted by Gasteiger charge is 2.32. The smallest absolute Gasteiger partial charge is 0.416 e. The average Bonchev–Trinajstić information content (AvgIpc) is 3.78. The molecule has 2 heterocycles. The Labute approximate surface area is 280 Å².